The van der Waals surface area contributed by atoms with E-state index < -0.39 is 0 Å². The lowest BCUT2D eigenvalue weighted by atomic mass is 9.96. The summed E-state index contributed by atoms with van der Waals surface area (Å²) >= 11 is 3.58. The van der Waals surface area contributed by atoms with Gasteiger partial charge in [-0.15, -0.1) is 0 Å². The Kier molecular flexibility index (Phi) is 3.75. The fraction of sp³-hybridized carbons (Fsp3) is 0.312. The average molecular weight is 387 g/mol. The second-order valence-electron chi connectivity index (χ2n) is 5.84. The molecule has 0 amide bonds. The van der Waals surface area contributed by atoms with Gasteiger partial charge in [0.2, 0.25) is 5.76 Å². The van der Waals surface area contributed by atoms with Crippen LogP contribution in [0.1, 0.15) is 30.2 Å². The molecule has 4 heterocycles. The molecule has 0 aliphatic carbocycles. The van der Waals surface area contributed by atoms with E-state index in [1.54, 1.807) is 16.8 Å². The first-order valence-electron chi connectivity index (χ1n) is 7.71. The Morgan fingerprint density at radius 3 is 3.08 bits per heavy atom. The third kappa shape index (κ3) is 2.37. The zero-order valence-corrected chi connectivity index (χ0v) is 14.4. The number of rotatable bonds is 2. The van der Waals surface area contributed by atoms with Crippen LogP contribution in [-0.4, -0.2) is 27.7 Å². The monoisotopic (exact) mass is 386 g/mol. The van der Waals surface area contributed by atoms with Crippen molar-refractivity contribution in [1.29, 1.82) is 5.26 Å². The summed E-state index contributed by atoms with van der Waals surface area (Å²) in [6, 6.07) is 3.67. The van der Waals surface area contributed by atoms with Crippen LogP contribution in [0.4, 0.5) is 5.82 Å². The Balaban J connectivity index is 1.88. The second-order valence-corrected chi connectivity index (χ2v) is 6.64. The van der Waals surface area contributed by atoms with Crippen molar-refractivity contribution in [3.63, 3.8) is 0 Å². The molecule has 1 aliphatic heterocycles. The fourth-order valence-corrected chi connectivity index (χ4v) is 3.69. The van der Waals surface area contributed by atoms with Crippen molar-refractivity contribution in [3.05, 3.63) is 34.5 Å². The topological polar surface area (TPSA) is 105 Å². The normalized spacial score (nSPS) is 17.9. The Morgan fingerprint density at radius 2 is 2.38 bits per heavy atom. The van der Waals surface area contributed by atoms with Gasteiger partial charge in [0, 0.05) is 29.7 Å². The molecule has 1 saturated heterocycles. The van der Waals surface area contributed by atoms with Crippen LogP contribution in [0.5, 0.6) is 0 Å². The first-order valence-corrected chi connectivity index (χ1v) is 8.50. The summed E-state index contributed by atoms with van der Waals surface area (Å²) in [7, 11) is 0. The maximum absolute atomic E-state index is 8.94. The Morgan fingerprint density at radius 1 is 1.50 bits per heavy atom. The maximum Gasteiger partial charge on any atom is 0.203 e. The number of nitrogen functional groups attached to an aromatic ring is 1. The van der Waals surface area contributed by atoms with Crippen LogP contribution in [0.3, 0.4) is 0 Å². The number of hydrogen-bond acceptors (Lipinski definition) is 6. The number of nitrogens with one attached hydrogen (secondary N) is 1. The predicted octanol–water partition coefficient (Wildman–Crippen LogP) is 2.67. The number of furan rings is 1. The number of nitrogens with zero attached hydrogens (tertiary/aromatic N) is 4. The molecular formula is C16H15BrN6O. The molecule has 4 rings (SSSR count). The minimum atomic E-state index is 0.256. The lowest BCUT2D eigenvalue weighted by Crippen LogP contribution is -2.29. The fourth-order valence-electron chi connectivity index (χ4n) is 3.11. The molecule has 1 unspecified atom stereocenters. The van der Waals surface area contributed by atoms with Crippen molar-refractivity contribution in [1.82, 2.24) is 19.9 Å². The van der Waals surface area contributed by atoms with Gasteiger partial charge in [-0.2, -0.15) is 14.9 Å². The zero-order valence-electron chi connectivity index (χ0n) is 12.8. The van der Waals surface area contributed by atoms with Crippen molar-refractivity contribution in [2.24, 2.45) is 0 Å². The van der Waals surface area contributed by atoms with E-state index in [9.17, 15) is 0 Å². The van der Waals surface area contributed by atoms with Gasteiger partial charge in [0.25, 0.3) is 0 Å². The SMILES string of the molecule is N#Cc1cc(-c2cnn3c(N)c(Br)c(C4CCCNC4)nc23)co1. The van der Waals surface area contributed by atoms with Crippen LogP contribution in [-0.2, 0) is 0 Å². The van der Waals surface area contributed by atoms with E-state index in [2.05, 4.69) is 26.3 Å². The third-order valence-electron chi connectivity index (χ3n) is 4.35. The summed E-state index contributed by atoms with van der Waals surface area (Å²) in [6.45, 7) is 1.92. The molecule has 8 heteroatoms. The summed E-state index contributed by atoms with van der Waals surface area (Å²) in [5.41, 5.74) is 9.44. The predicted molar refractivity (Wildman–Crippen MR) is 92.4 cm³/mol. The number of halogens is 1. The van der Waals surface area contributed by atoms with Gasteiger partial charge in [0.15, 0.2) is 5.65 Å². The summed E-state index contributed by atoms with van der Waals surface area (Å²) < 4.78 is 7.61. The maximum atomic E-state index is 8.94. The molecule has 1 atom stereocenters. The molecule has 0 saturated carbocycles. The van der Waals surface area contributed by atoms with Crippen LogP contribution < -0.4 is 11.1 Å². The highest BCUT2D eigenvalue weighted by Crippen LogP contribution is 2.35. The molecule has 0 radical (unpaired) electrons. The van der Waals surface area contributed by atoms with E-state index in [4.69, 9.17) is 20.4 Å². The molecule has 1 fully saturated rings. The lowest BCUT2D eigenvalue weighted by Gasteiger charge is -2.23. The molecule has 0 aromatic carbocycles. The standard InChI is InChI=1S/C16H15BrN6O/c17-13-14(9-2-1-3-20-6-9)22-16-12(7-21-23(16)15(13)19)10-4-11(5-18)24-8-10/h4,7-9,20H,1-3,6,19H2. The number of anilines is 1. The Hall–Kier alpha value is -2.37. The summed E-state index contributed by atoms with van der Waals surface area (Å²) in [5.74, 6) is 1.09. The zero-order chi connectivity index (χ0) is 16.7. The molecule has 7 nitrogen and oxygen atoms in total. The van der Waals surface area contributed by atoms with Crippen molar-refractivity contribution < 1.29 is 4.42 Å². The van der Waals surface area contributed by atoms with Crippen molar-refractivity contribution in [3.8, 4) is 17.2 Å². The van der Waals surface area contributed by atoms with Gasteiger partial charge in [0.05, 0.1) is 16.4 Å². The van der Waals surface area contributed by atoms with E-state index in [1.807, 2.05) is 6.07 Å². The lowest BCUT2D eigenvalue weighted by molar-refractivity contribution is 0.453. The van der Waals surface area contributed by atoms with Gasteiger partial charge >= 0.3 is 0 Å². The smallest absolute Gasteiger partial charge is 0.203 e. The molecule has 3 aromatic heterocycles. The van der Waals surface area contributed by atoms with Crippen LogP contribution in [0, 0.1) is 11.3 Å². The van der Waals surface area contributed by atoms with Crippen LogP contribution >= 0.6 is 15.9 Å². The summed E-state index contributed by atoms with van der Waals surface area (Å²) in [5, 5.41) is 16.7. The largest absolute Gasteiger partial charge is 0.453 e. The number of nitrogens with two attached hydrogens (primary N) is 1. The molecule has 0 spiro atoms. The number of fused-ring (bicyclic) bond motifs is 1. The highest BCUT2D eigenvalue weighted by Gasteiger charge is 2.24. The summed E-state index contributed by atoms with van der Waals surface area (Å²) in [6.07, 6.45) is 5.42. The Bertz CT molecular complexity index is 948. The first-order chi connectivity index (χ1) is 11.7. The quantitative estimate of drug-likeness (QED) is 0.701. The molecule has 122 valence electrons. The van der Waals surface area contributed by atoms with Crippen LogP contribution in [0.25, 0.3) is 16.8 Å². The number of nitriles is 1. The molecular weight excluding hydrogens is 372 g/mol. The highest BCUT2D eigenvalue weighted by molar-refractivity contribution is 9.10. The van der Waals surface area contributed by atoms with E-state index in [1.165, 1.54) is 6.26 Å². The van der Waals surface area contributed by atoms with Gasteiger partial charge in [-0.05, 0) is 35.3 Å². The van der Waals surface area contributed by atoms with Gasteiger partial charge in [0.1, 0.15) is 18.2 Å². The van der Waals surface area contributed by atoms with E-state index in [0.29, 0.717) is 17.4 Å². The highest BCUT2D eigenvalue weighted by atomic mass is 79.9. The van der Waals surface area contributed by atoms with Gasteiger partial charge in [-0.25, -0.2) is 4.98 Å². The van der Waals surface area contributed by atoms with E-state index in [0.717, 1.165) is 47.2 Å². The first kappa shape index (κ1) is 15.2. The molecule has 1 aliphatic rings. The molecule has 3 N–H and O–H groups in total. The molecule has 24 heavy (non-hydrogen) atoms. The summed E-state index contributed by atoms with van der Waals surface area (Å²) in [4.78, 5) is 4.84. The number of aromatic nitrogens is 3. The Labute approximate surface area is 146 Å². The van der Waals surface area contributed by atoms with Crippen molar-refractivity contribution >= 4 is 27.4 Å². The van der Waals surface area contributed by atoms with E-state index in [-0.39, 0.29) is 5.76 Å². The minimum Gasteiger partial charge on any atom is -0.453 e. The van der Waals surface area contributed by atoms with Gasteiger partial charge in [-0.3, -0.25) is 0 Å². The van der Waals surface area contributed by atoms with E-state index >= 15 is 0 Å². The molecule has 0 bridgehead atoms. The van der Waals surface area contributed by atoms with Crippen LogP contribution in [0.15, 0.2) is 27.4 Å². The number of hydrogen-bond donors (Lipinski definition) is 2. The molecule has 3 aromatic rings. The minimum absolute atomic E-state index is 0.256. The van der Waals surface area contributed by atoms with Crippen molar-refractivity contribution in [2.45, 2.75) is 18.8 Å². The second kappa shape index (κ2) is 5.92. The van der Waals surface area contributed by atoms with Gasteiger partial charge < -0.3 is 15.5 Å². The third-order valence-corrected chi connectivity index (χ3v) is 5.16. The van der Waals surface area contributed by atoms with Crippen LogP contribution in [0.2, 0.25) is 0 Å². The average Bonchev–Trinajstić information content (AvgIpc) is 3.25. The number of piperidine rings is 1. The van der Waals surface area contributed by atoms with Crippen molar-refractivity contribution in [2.75, 3.05) is 18.8 Å². The van der Waals surface area contributed by atoms with Gasteiger partial charge in [-0.1, -0.05) is 0 Å².